The molecule has 1 N–H and O–H groups in total. The van der Waals surface area contributed by atoms with Crippen LogP contribution in [0.5, 0.6) is 0 Å². The number of nitro groups is 1. The van der Waals surface area contributed by atoms with E-state index in [0.29, 0.717) is 12.2 Å². The van der Waals surface area contributed by atoms with E-state index in [9.17, 15) is 19.1 Å². The third kappa shape index (κ3) is 5.10. The molecule has 0 aromatic carbocycles. The number of aromatic nitrogens is 1. The molecular formula is C12H17N3O5S. The van der Waals surface area contributed by atoms with Gasteiger partial charge in [0.15, 0.2) is 5.69 Å². The predicted octanol–water partition coefficient (Wildman–Crippen LogP) is 1.35. The molecule has 1 aromatic heterocycles. The maximum absolute atomic E-state index is 11.4. The zero-order valence-electron chi connectivity index (χ0n) is 12.0. The number of nitrogens with zero attached hydrogens (tertiary/aromatic N) is 2. The summed E-state index contributed by atoms with van der Waals surface area (Å²) in [6, 6.07) is 2.26. The Labute approximate surface area is 124 Å². The molecule has 0 amide bonds. The van der Waals surface area contributed by atoms with Gasteiger partial charge in [0.2, 0.25) is 5.82 Å². The van der Waals surface area contributed by atoms with E-state index in [4.69, 9.17) is 0 Å². The highest BCUT2D eigenvalue weighted by molar-refractivity contribution is 7.84. The number of carbonyl (C=O) groups excluding carboxylic acids is 1. The van der Waals surface area contributed by atoms with Crippen LogP contribution in [0.25, 0.3) is 0 Å². The molecule has 0 saturated heterocycles. The fourth-order valence-electron chi connectivity index (χ4n) is 1.57. The smallest absolute Gasteiger partial charge is 0.356 e. The summed E-state index contributed by atoms with van der Waals surface area (Å²) in [7, 11) is 0.266. The van der Waals surface area contributed by atoms with E-state index in [1.807, 2.05) is 0 Å². The Balaban J connectivity index is 2.98. The van der Waals surface area contributed by atoms with Crippen LogP contribution in [0.2, 0.25) is 0 Å². The average molecular weight is 315 g/mol. The minimum Gasteiger partial charge on any atom is -0.464 e. The van der Waals surface area contributed by atoms with E-state index in [1.165, 1.54) is 19.2 Å². The molecule has 1 aromatic rings. The highest BCUT2D eigenvalue weighted by Gasteiger charge is 2.20. The van der Waals surface area contributed by atoms with Gasteiger partial charge in [-0.05, 0) is 19.4 Å². The van der Waals surface area contributed by atoms with Gasteiger partial charge in [-0.25, -0.2) is 9.78 Å². The molecule has 1 rings (SSSR count). The van der Waals surface area contributed by atoms with Gasteiger partial charge < -0.3 is 10.1 Å². The van der Waals surface area contributed by atoms with Crippen molar-refractivity contribution in [3.05, 3.63) is 27.9 Å². The molecule has 116 valence electrons. The summed E-state index contributed by atoms with van der Waals surface area (Å²) in [5.41, 5.74) is -0.246. The standard InChI is InChI=1S/C12H17N3O5S/c1-8(6-7-21(3)19)13-11-10(15(17)18)5-4-9(14-11)12(16)20-2/h4-5,8H,6-7H2,1-3H3,(H,13,14). The van der Waals surface area contributed by atoms with E-state index >= 15 is 0 Å². The normalized spacial score (nSPS) is 13.3. The van der Waals surface area contributed by atoms with Crippen LogP contribution < -0.4 is 5.32 Å². The summed E-state index contributed by atoms with van der Waals surface area (Å²) in [4.78, 5) is 25.8. The van der Waals surface area contributed by atoms with Gasteiger partial charge in [0, 0.05) is 34.9 Å². The van der Waals surface area contributed by atoms with Gasteiger partial charge in [-0.2, -0.15) is 0 Å². The number of pyridine rings is 1. The Kier molecular flexibility index (Phi) is 6.22. The number of rotatable bonds is 7. The molecule has 0 aliphatic rings. The highest BCUT2D eigenvalue weighted by Crippen LogP contribution is 2.23. The minimum absolute atomic E-state index is 0.00251. The van der Waals surface area contributed by atoms with Crippen LogP contribution in [0, 0.1) is 10.1 Å². The summed E-state index contributed by atoms with van der Waals surface area (Å²) < 4.78 is 15.6. The second kappa shape index (κ2) is 7.67. The molecule has 9 heteroatoms. The molecule has 0 spiro atoms. The number of hydrogen-bond acceptors (Lipinski definition) is 7. The quantitative estimate of drug-likeness (QED) is 0.459. The first-order chi connectivity index (χ1) is 9.85. The van der Waals surface area contributed by atoms with Crippen LogP contribution >= 0.6 is 0 Å². The second-order valence-corrected chi connectivity index (χ2v) is 5.98. The molecule has 2 unspecified atom stereocenters. The Morgan fingerprint density at radius 1 is 1.57 bits per heavy atom. The third-order valence-corrected chi connectivity index (χ3v) is 3.50. The average Bonchev–Trinajstić information content (AvgIpc) is 2.43. The van der Waals surface area contributed by atoms with Crippen molar-refractivity contribution in [2.75, 3.05) is 24.4 Å². The maximum Gasteiger partial charge on any atom is 0.356 e. The van der Waals surface area contributed by atoms with Gasteiger partial charge in [0.1, 0.15) is 0 Å². The minimum atomic E-state index is -0.940. The Morgan fingerprint density at radius 3 is 2.76 bits per heavy atom. The third-order valence-electron chi connectivity index (χ3n) is 2.69. The zero-order valence-corrected chi connectivity index (χ0v) is 12.8. The van der Waals surface area contributed by atoms with Gasteiger partial charge >= 0.3 is 11.7 Å². The van der Waals surface area contributed by atoms with Crippen molar-refractivity contribution in [2.45, 2.75) is 19.4 Å². The number of ether oxygens (including phenoxy) is 1. The molecule has 1 heterocycles. The lowest BCUT2D eigenvalue weighted by atomic mass is 10.2. The van der Waals surface area contributed by atoms with Crippen molar-refractivity contribution < 1.29 is 18.7 Å². The predicted molar refractivity (Wildman–Crippen MR) is 78.9 cm³/mol. The monoisotopic (exact) mass is 315 g/mol. The van der Waals surface area contributed by atoms with E-state index in [1.54, 1.807) is 13.2 Å². The molecule has 0 fully saturated rings. The Bertz CT molecular complexity index is 564. The number of carbonyl (C=O) groups is 1. The summed E-state index contributed by atoms with van der Waals surface area (Å²) in [6.07, 6.45) is 2.15. The molecule has 0 bridgehead atoms. The SMILES string of the molecule is COC(=O)c1ccc([N+](=O)[O-])c(NC(C)CCS(C)=O)n1. The van der Waals surface area contributed by atoms with Gasteiger partial charge in [-0.15, -0.1) is 0 Å². The number of hydrogen-bond donors (Lipinski definition) is 1. The molecule has 0 aliphatic heterocycles. The molecule has 2 atom stereocenters. The number of nitrogens with one attached hydrogen (secondary N) is 1. The van der Waals surface area contributed by atoms with Crippen LogP contribution in [0.1, 0.15) is 23.8 Å². The first kappa shape index (κ1) is 17.0. The number of methoxy groups -OCH3 is 1. The van der Waals surface area contributed by atoms with Gasteiger partial charge in [0.25, 0.3) is 0 Å². The molecule has 21 heavy (non-hydrogen) atoms. The summed E-state index contributed by atoms with van der Waals surface area (Å²) in [6.45, 7) is 1.79. The van der Waals surface area contributed by atoms with Crippen LogP contribution in [0.15, 0.2) is 12.1 Å². The van der Waals surface area contributed by atoms with Gasteiger partial charge in [-0.3, -0.25) is 14.3 Å². The number of anilines is 1. The lowest BCUT2D eigenvalue weighted by Gasteiger charge is -2.14. The maximum atomic E-state index is 11.4. The summed E-state index contributed by atoms with van der Waals surface area (Å²) in [5, 5.41) is 13.9. The lowest BCUT2D eigenvalue weighted by Crippen LogP contribution is -2.20. The van der Waals surface area contributed by atoms with Crippen LogP contribution in [-0.4, -0.2) is 45.2 Å². The van der Waals surface area contributed by atoms with E-state index < -0.39 is 21.7 Å². The molecular weight excluding hydrogens is 298 g/mol. The fraction of sp³-hybridized carbons (Fsp3) is 0.500. The first-order valence-corrected chi connectivity index (χ1v) is 7.88. The van der Waals surface area contributed by atoms with Gasteiger partial charge in [0.05, 0.1) is 12.0 Å². The molecule has 0 radical (unpaired) electrons. The van der Waals surface area contributed by atoms with Gasteiger partial charge in [-0.1, -0.05) is 0 Å². The zero-order chi connectivity index (χ0) is 16.0. The molecule has 0 aliphatic carbocycles. The molecule has 8 nitrogen and oxygen atoms in total. The first-order valence-electron chi connectivity index (χ1n) is 6.15. The van der Waals surface area contributed by atoms with Crippen molar-refractivity contribution in [3.8, 4) is 0 Å². The van der Waals surface area contributed by atoms with Crippen molar-refractivity contribution >= 4 is 28.3 Å². The second-order valence-electron chi connectivity index (χ2n) is 4.42. The summed E-state index contributed by atoms with van der Waals surface area (Å²) >= 11 is 0. The molecule has 0 saturated carbocycles. The largest absolute Gasteiger partial charge is 0.464 e. The van der Waals surface area contributed by atoms with Crippen molar-refractivity contribution in [1.82, 2.24) is 4.98 Å². The van der Waals surface area contributed by atoms with Crippen molar-refractivity contribution in [3.63, 3.8) is 0 Å². The van der Waals surface area contributed by atoms with Crippen LogP contribution in [0.4, 0.5) is 11.5 Å². The Morgan fingerprint density at radius 2 is 2.24 bits per heavy atom. The Hall–Kier alpha value is -2.03. The fourth-order valence-corrected chi connectivity index (χ4v) is 2.26. The summed E-state index contributed by atoms with van der Waals surface area (Å²) in [5.74, 6) is -0.203. The van der Waals surface area contributed by atoms with Crippen molar-refractivity contribution in [2.24, 2.45) is 0 Å². The highest BCUT2D eigenvalue weighted by atomic mass is 32.2. The van der Waals surface area contributed by atoms with E-state index in [-0.39, 0.29) is 23.2 Å². The van der Waals surface area contributed by atoms with E-state index in [0.717, 1.165) is 0 Å². The van der Waals surface area contributed by atoms with E-state index in [2.05, 4.69) is 15.0 Å². The van der Waals surface area contributed by atoms with Crippen molar-refractivity contribution in [1.29, 1.82) is 0 Å². The number of esters is 1. The van der Waals surface area contributed by atoms with Crippen LogP contribution in [-0.2, 0) is 15.5 Å². The van der Waals surface area contributed by atoms with Crippen LogP contribution in [0.3, 0.4) is 0 Å². The lowest BCUT2D eigenvalue weighted by molar-refractivity contribution is -0.384. The topological polar surface area (TPSA) is 111 Å².